The monoisotopic (exact) mass is 368 g/mol. The van der Waals surface area contributed by atoms with E-state index in [0.717, 1.165) is 5.56 Å². The molecule has 1 fully saturated rings. The summed E-state index contributed by atoms with van der Waals surface area (Å²) in [4.78, 5) is 14.6. The number of benzene rings is 1. The fourth-order valence-electron chi connectivity index (χ4n) is 2.98. The van der Waals surface area contributed by atoms with Crippen molar-refractivity contribution >= 4 is 18.3 Å². The van der Waals surface area contributed by atoms with E-state index in [0.29, 0.717) is 25.3 Å². The molecule has 1 amide bonds. The number of morpholine rings is 1. The maximum Gasteiger partial charge on any atom is 0.244 e. The minimum atomic E-state index is -0.474. The van der Waals surface area contributed by atoms with Crippen LogP contribution in [-0.4, -0.2) is 47.3 Å². The van der Waals surface area contributed by atoms with Crippen molar-refractivity contribution in [1.29, 1.82) is 0 Å². The van der Waals surface area contributed by atoms with Gasteiger partial charge in [0.15, 0.2) is 0 Å². The first-order valence-electron chi connectivity index (χ1n) is 7.90. The van der Waals surface area contributed by atoms with Crippen molar-refractivity contribution in [1.82, 2.24) is 20.0 Å². The Kier molecular flexibility index (Phi) is 6.52. The molecule has 1 aromatic heterocycles. The second kappa shape index (κ2) is 8.42. The Morgan fingerprint density at radius 2 is 2.20 bits per heavy atom. The lowest BCUT2D eigenvalue weighted by molar-refractivity contribution is -0.141. The molecule has 1 N–H and O–H groups in total. The van der Waals surface area contributed by atoms with E-state index in [1.165, 1.54) is 6.07 Å². The van der Waals surface area contributed by atoms with Crippen LogP contribution in [0.4, 0.5) is 4.39 Å². The van der Waals surface area contributed by atoms with Crippen molar-refractivity contribution in [2.24, 2.45) is 7.05 Å². The number of halogens is 2. The summed E-state index contributed by atoms with van der Waals surface area (Å²) in [6.45, 7) is 1.20. The first-order chi connectivity index (χ1) is 11.6. The summed E-state index contributed by atoms with van der Waals surface area (Å²) in [5, 5.41) is 7.15. The van der Waals surface area contributed by atoms with Crippen LogP contribution in [-0.2, 0) is 16.6 Å². The normalized spacial score (nSPS) is 18.5. The van der Waals surface area contributed by atoms with Gasteiger partial charge in [-0.1, -0.05) is 18.2 Å². The van der Waals surface area contributed by atoms with Crippen molar-refractivity contribution in [3.63, 3.8) is 0 Å². The van der Waals surface area contributed by atoms with Gasteiger partial charge in [-0.15, -0.1) is 12.4 Å². The van der Waals surface area contributed by atoms with E-state index in [4.69, 9.17) is 4.74 Å². The molecule has 0 spiro atoms. The Hall–Kier alpha value is -1.96. The van der Waals surface area contributed by atoms with Crippen LogP contribution in [0.15, 0.2) is 36.7 Å². The van der Waals surface area contributed by atoms with Crippen LogP contribution in [0.1, 0.15) is 23.3 Å². The lowest BCUT2D eigenvalue weighted by Crippen LogP contribution is -2.46. The van der Waals surface area contributed by atoms with E-state index in [-0.39, 0.29) is 24.1 Å². The van der Waals surface area contributed by atoms with E-state index in [1.54, 1.807) is 41.0 Å². The first-order valence-corrected chi connectivity index (χ1v) is 7.90. The predicted octanol–water partition coefficient (Wildman–Crippen LogP) is 1.84. The van der Waals surface area contributed by atoms with E-state index >= 15 is 0 Å². The third kappa shape index (κ3) is 4.18. The number of aryl methyl sites for hydroxylation is 1. The molecule has 0 saturated carbocycles. The summed E-state index contributed by atoms with van der Waals surface area (Å²) in [5.74, 6) is -0.371. The Labute approximate surface area is 152 Å². The second-order valence-corrected chi connectivity index (χ2v) is 5.83. The molecule has 3 rings (SSSR count). The van der Waals surface area contributed by atoms with Gasteiger partial charge in [-0.2, -0.15) is 5.10 Å². The molecule has 1 saturated heterocycles. The van der Waals surface area contributed by atoms with Crippen molar-refractivity contribution < 1.29 is 13.9 Å². The van der Waals surface area contributed by atoms with Crippen molar-refractivity contribution in [2.75, 3.05) is 26.7 Å². The van der Waals surface area contributed by atoms with Gasteiger partial charge in [-0.05, 0) is 13.1 Å². The minimum Gasteiger partial charge on any atom is -0.370 e. The average molecular weight is 369 g/mol. The van der Waals surface area contributed by atoms with Gasteiger partial charge in [0, 0.05) is 30.9 Å². The van der Waals surface area contributed by atoms with Crippen LogP contribution in [0.3, 0.4) is 0 Å². The lowest BCUT2D eigenvalue weighted by Gasteiger charge is -2.35. The highest BCUT2D eigenvalue weighted by atomic mass is 35.5. The number of nitrogens with zero attached hydrogens (tertiary/aromatic N) is 3. The van der Waals surface area contributed by atoms with Gasteiger partial charge in [0.1, 0.15) is 18.0 Å². The summed E-state index contributed by atoms with van der Waals surface area (Å²) in [5.41, 5.74) is 1.29. The zero-order valence-corrected chi connectivity index (χ0v) is 15.0. The zero-order chi connectivity index (χ0) is 17.1. The molecule has 0 aliphatic carbocycles. The quantitative estimate of drug-likeness (QED) is 0.894. The number of carbonyl (C=O) groups is 1. The Bertz CT molecular complexity index is 724. The van der Waals surface area contributed by atoms with Crippen LogP contribution in [0.2, 0.25) is 0 Å². The molecule has 0 bridgehead atoms. The lowest BCUT2D eigenvalue weighted by atomic mass is 10.1. The number of rotatable bonds is 4. The van der Waals surface area contributed by atoms with Gasteiger partial charge in [-0.25, -0.2) is 4.39 Å². The molecular weight excluding hydrogens is 347 g/mol. The second-order valence-electron chi connectivity index (χ2n) is 5.83. The van der Waals surface area contributed by atoms with E-state index in [1.807, 2.05) is 13.2 Å². The zero-order valence-electron chi connectivity index (χ0n) is 14.2. The largest absolute Gasteiger partial charge is 0.370 e. The molecule has 2 atom stereocenters. The van der Waals surface area contributed by atoms with Crippen LogP contribution >= 0.6 is 12.4 Å². The molecule has 1 aliphatic rings. The molecule has 2 unspecified atom stereocenters. The molecule has 2 heterocycles. The summed E-state index contributed by atoms with van der Waals surface area (Å²) in [6.07, 6.45) is 3.04. The van der Waals surface area contributed by atoms with E-state index in [2.05, 4.69) is 10.4 Å². The minimum absolute atomic E-state index is 0. The molecule has 136 valence electrons. The molecule has 0 radical (unpaired) electrons. The highest BCUT2D eigenvalue weighted by Gasteiger charge is 2.31. The highest BCUT2D eigenvalue weighted by molar-refractivity contribution is 5.85. The third-order valence-corrected chi connectivity index (χ3v) is 4.22. The average Bonchev–Trinajstić information content (AvgIpc) is 3.02. The highest BCUT2D eigenvalue weighted by Crippen LogP contribution is 2.26. The molecule has 8 heteroatoms. The Balaban J connectivity index is 0.00000225. The third-order valence-electron chi connectivity index (χ3n) is 4.22. The number of carbonyl (C=O) groups excluding carboxylic acids is 1. The van der Waals surface area contributed by atoms with Crippen LogP contribution in [0.5, 0.6) is 0 Å². The summed E-state index contributed by atoms with van der Waals surface area (Å²) >= 11 is 0. The molecule has 1 aliphatic heterocycles. The maximum atomic E-state index is 14.0. The smallest absolute Gasteiger partial charge is 0.244 e. The van der Waals surface area contributed by atoms with Crippen LogP contribution < -0.4 is 5.32 Å². The molecule has 1 aromatic carbocycles. The van der Waals surface area contributed by atoms with Gasteiger partial charge in [-0.3, -0.25) is 9.48 Å². The predicted molar refractivity (Wildman–Crippen MR) is 93.9 cm³/mol. The number of ether oxygens (including phenoxy) is 1. The number of aromatic nitrogens is 2. The van der Waals surface area contributed by atoms with Gasteiger partial charge in [0.05, 0.1) is 19.3 Å². The van der Waals surface area contributed by atoms with Gasteiger partial charge in [0.25, 0.3) is 0 Å². The fourth-order valence-corrected chi connectivity index (χ4v) is 2.98. The van der Waals surface area contributed by atoms with Crippen molar-refractivity contribution in [3.8, 4) is 0 Å². The molecule has 6 nitrogen and oxygen atoms in total. The van der Waals surface area contributed by atoms with Crippen molar-refractivity contribution in [2.45, 2.75) is 12.1 Å². The summed E-state index contributed by atoms with van der Waals surface area (Å²) in [6, 6.07) is 6.05. The topological polar surface area (TPSA) is 59.4 Å². The molecule has 25 heavy (non-hydrogen) atoms. The standard InChI is InChI=1S/C17H21FN4O2.ClH/c1-19-16(12-9-20-21(2)10-12)17(23)22-7-8-24-15(11-22)13-5-3-4-6-14(13)18;/h3-6,9-10,15-16,19H,7-8,11H2,1-2H3;1H. The SMILES string of the molecule is CNC(C(=O)N1CCOC(c2ccccc2F)C1)c1cnn(C)c1.Cl. The number of hydrogen-bond donors (Lipinski definition) is 1. The van der Waals surface area contributed by atoms with Crippen LogP contribution in [0.25, 0.3) is 0 Å². The fraction of sp³-hybridized carbons (Fsp3) is 0.412. The summed E-state index contributed by atoms with van der Waals surface area (Å²) in [7, 11) is 3.55. The molecule has 2 aromatic rings. The van der Waals surface area contributed by atoms with E-state index in [9.17, 15) is 9.18 Å². The van der Waals surface area contributed by atoms with Crippen LogP contribution in [0, 0.1) is 5.82 Å². The van der Waals surface area contributed by atoms with Gasteiger partial charge < -0.3 is 15.0 Å². The Morgan fingerprint density at radius 1 is 1.44 bits per heavy atom. The van der Waals surface area contributed by atoms with Crippen molar-refractivity contribution in [3.05, 3.63) is 53.6 Å². The van der Waals surface area contributed by atoms with E-state index < -0.39 is 12.1 Å². The number of amides is 1. The first kappa shape index (κ1) is 19.4. The Morgan fingerprint density at radius 3 is 2.84 bits per heavy atom. The number of hydrogen-bond acceptors (Lipinski definition) is 4. The summed E-state index contributed by atoms with van der Waals surface area (Å²) < 4.78 is 21.3. The molecular formula is C17H22ClFN4O2. The number of likely N-dealkylation sites (N-methyl/N-ethyl adjacent to an activating group) is 1. The van der Waals surface area contributed by atoms with Gasteiger partial charge in [0.2, 0.25) is 5.91 Å². The maximum absolute atomic E-state index is 14.0. The number of nitrogens with one attached hydrogen (secondary N) is 1. The van der Waals surface area contributed by atoms with Gasteiger partial charge >= 0.3 is 0 Å².